The van der Waals surface area contributed by atoms with Crippen LogP contribution in [-0.2, 0) is 0 Å². The summed E-state index contributed by atoms with van der Waals surface area (Å²) < 4.78 is 0. The molecule has 80 valence electrons. The van der Waals surface area contributed by atoms with Gasteiger partial charge in [-0.05, 0) is 25.7 Å². The number of rotatable bonds is 7. The standard InChI is InChI=1S/C11H25NO/c1-5-7-9(3)11(6-2)12-10(4)8-13/h9-13H,5-8H2,1-4H3/t9?,10-,11?/m1/s1. The van der Waals surface area contributed by atoms with Crippen LogP contribution in [0, 0.1) is 5.92 Å². The van der Waals surface area contributed by atoms with Gasteiger partial charge >= 0.3 is 0 Å². The van der Waals surface area contributed by atoms with Crippen LogP contribution in [0.25, 0.3) is 0 Å². The Morgan fingerprint density at radius 3 is 2.23 bits per heavy atom. The lowest BCUT2D eigenvalue weighted by molar-refractivity contribution is 0.221. The van der Waals surface area contributed by atoms with E-state index in [4.69, 9.17) is 5.11 Å². The van der Waals surface area contributed by atoms with Gasteiger partial charge in [0.15, 0.2) is 0 Å². The molecule has 0 radical (unpaired) electrons. The quantitative estimate of drug-likeness (QED) is 0.640. The summed E-state index contributed by atoms with van der Waals surface area (Å²) >= 11 is 0. The van der Waals surface area contributed by atoms with Gasteiger partial charge in [-0.2, -0.15) is 0 Å². The van der Waals surface area contributed by atoms with Crippen LogP contribution in [0.4, 0.5) is 0 Å². The third-order valence-electron chi connectivity index (χ3n) is 2.64. The molecule has 0 aliphatic heterocycles. The van der Waals surface area contributed by atoms with Crippen LogP contribution in [0.15, 0.2) is 0 Å². The van der Waals surface area contributed by atoms with Crippen molar-refractivity contribution >= 4 is 0 Å². The van der Waals surface area contributed by atoms with Gasteiger partial charge in [0.25, 0.3) is 0 Å². The first-order chi connectivity index (χ1) is 6.15. The summed E-state index contributed by atoms with van der Waals surface area (Å²) in [5.41, 5.74) is 0. The van der Waals surface area contributed by atoms with E-state index in [9.17, 15) is 0 Å². The molecule has 0 aliphatic rings. The fourth-order valence-electron chi connectivity index (χ4n) is 1.76. The molecular weight excluding hydrogens is 162 g/mol. The molecule has 0 bridgehead atoms. The van der Waals surface area contributed by atoms with Crippen molar-refractivity contribution in [2.45, 2.75) is 59.0 Å². The smallest absolute Gasteiger partial charge is 0.0582 e. The Morgan fingerprint density at radius 1 is 1.23 bits per heavy atom. The molecule has 0 heterocycles. The Morgan fingerprint density at radius 2 is 1.85 bits per heavy atom. The van der Waals surface area contributed by atoms with Gasteiger partial charge < -0.3 is 10.4 Å². The van der Waals surface area contributed by atoms with E-state index in [1.807, 2.05) is 6.92 Å². The first-order valence-corrected chi connectivity index (χ1v) is 5.52. The van der Waals surface area contributed by atoms with Gasteiger partial charge in [-0.15, -0.1) is 0 Å². The number of hydrogen-bond donors (Lipinski definition) is 2. The third-order valence-corrected chi connectivity index (χ3v) is 2.64. The maximum absolute atomic E-state index is 8.93. The van der Waals surface area contributed by atoms with E-state index in [1.165, 1.54) is 12.8 Å². The van der Waals surface area contributed by atoms with Crippen LogP contribution in [0.1, 0.15) is 47.0 Å². The van der Waals surface area contributed by atoms with E-state index in [1.54, 1.807) is 0 Å². The van der Waals surface area contributed by atoms with Gasteiger partial charge in [0, 0.05) is 12.1 Å². The average molecular weight is 187 g/mol. The Labute approximate surface area is 82.7 Å². The predicted molar refractivity (Wildman–Crippen MR) is 57.8 cm³/mol. The minimum Gasteiger partial charge on any atom is -0.395 e. The van der Waals surface area contributed by atoms with E-state index in [-0.39, 0.29) is 12.6 Å². The van der Waals surface area contributed by atoms with Crippen molar-refractivity contribution in [3.8, 4) is 0 Å². The van der Waals surface area contributed by atoms with Crippen molar-refractivity contribution in [1.29, 1.82) is 0 Å². The molecule has 2 nitrogen and oxygen atoms in total. The van der Waals surface area contributed by atoms with Gasteiger partial charge in [-0.1, -0.05) is 27.2 Å². The molecule has 2 N–H and O–H groups in total. The van der Waals surface area contributed by atoms with Crippen molar-refractivity contribution in [2.24, 2.45) is 5.92 Å². The predicted octanol–water partition coefficient (Wildman–Crippen LogP) is 2.17. The first kappa shape index (κ1) is 12.9. The van der Waals surface area contributed by atoms with Gasteiger partial charge in [-0.3, -0.25) is 0 Å². The Hall–Kier alpha value is -0.0800. The lowest BCUT2D eigenvalue weighted by atomic mass is 9.94. The maximum Gasteiger partial charge on any atom is 0.0582 e. The van der Waals surface area contributed by atoms with Crippen LogP contribution in [0.3, 0.4) is 0 Å². The monoisotopic (exact) mass is 187 g/mol. The Balaban J connectivity index is 3.86. The fourth-order valence-corrected chi connectivity index (χ4v) is 1.76. The molecule has 0 amide bonds. The highest BCUT2D eigenvalue weighted by molar-refractivity contribution is 4.74. The summed E-state index contributed by atoms with van der Waals surface area (Å²) in [5.74, 6) is 0.712. The van der Waals surface area contributed by atoms with E-state index >= 15 is 0 Å². The van der Waals surface area contributed by atoms with E-state index in [2.05, 4.69) is 26.1 Å². The molecule has 0 fully saturated rings. The van der Waals surface area contributed by atoms with Crippen molar-refractivity contribution in [3.63, 3.8) is 0 Å². The largest absolute Gasteiger partial charge is 0.395 e. The minimum absolute atomic E-state index is 0.226. The summed E-state index contributed by atoms with van der Waals surface area (Å²) in [6.07, 6.45) is 3.65. The van der Waals surface area contributed by atoms with Crippen LogP contribution in [0.5, 0.6) is 0 Å². The Kier molecular flexibility index (Phi) is 7.29. The summed E-state index contributed by atoms with van der Waals surface area (Å²) in [7, 11) is 0. The van der Waals surface area contributed by atoms with Crippen LogP contribution < -0.4 is 5.32 Å². The molecule has 0 spiro atoms. The second kappa shape index (κ2) is 7.34. The van der Waals surface area contributed by atoms with E-state index in [0.29, 0.717) is 12.0 Å². The topological polar surface area (TPSA) is 32.3 Å². The maximum atomic E-state index is 8.93. The van der Waals surface area contributed by atoms with Crippen molar-refractivity contribution in [3.05, 3.63) is 0 Å². The molecule has 2 unspecified atom stereocenters. The second-order valence-corrected chi connectivity index (χ2v) is 4.03. The van der Waals surface area contributed by atoms with E-state index in [0.717, 1.165) is 6.42 Å². The molecule has 0 aromatic heterocycles. The number of aliphatic hydroxyl groups is 1. The fraction of sp³-hybridized carbons (Fsp3) is 1.00. The van der Waals surface area contributed by atoms with Crippen molar-refractivity contribution in [1.82, 2.24) is 5.32 Å². The van der Waals surface area contributed by atoms with Gasteiger partial charge in [0.05, 0.1) is 6.61 Å². The zero-order valence-electron chi connectivity index (χ0n) is 9.51. The molecule has 2 heteroatoms. The highest BCUT2D eigenvalue weighted by atomic mass is 16.3. The summed E-state index contributed by atoms with van der Waals surface area (Å²) in [6.45, 7) is 8.97. The normalized spacial score (nSPS) is 18.2. The lowest BCUT2D eigenvalue weighted by Gasteiger charge is -2.26. The van der Waals surface area contributed by atoms with Crippen LogP contribution in [0.2, 0.25) is 0 Å². The second-order valence-electron chi connectivity index (χ2n) is 4.03. The lowest BCUT2D eigenvalue weighted by Crippen LogP contribution is -2.42. The molecule has 0 saturated heterocycles. The molecular formula is C11H25NO. The van der Waals surface area contributed by atoms with Crippen LogP contribution in [-0.4, -0.2) is 23.8 Å². The van der Waals surface area contributed by atoms with Crippen molar-refractivity contribution < 1.29 is 5.11 Å². The summed E-state index contributed by atoms with van der Waals surface area (Å²) in [4.78, 5) is 0. The summed E-state index contributed by atoms with van der Waals surface area (Å²) in [5, 5.41) is 12.4. The molecule has 13 heavy (non-hydrogen) atoms. The number of aliphatic hydroxyl groups excluding tert-OH is 1. The highest BCUT2D eigenvalue weighted by Gasteiger charge is 2.15. The molecule has 0 aliphatic carbocycles. The number of hydrogen-bond acceptors (Lipinski definition) is 2. The number of nitrogens with one attached hydrogen (secondary N) is 1. The molecule has 0 rings (SSSR count). The van der Waals surface area contributed by atoms with Crippen LogP contribution >= 0.6 is 0 Å². The third kappa shape index (κ3) is 5.27. The van der Waals surface area contributed by atoms with Gasteiger partial charge in [-0.25, -0.2) is 0 Å². The Bertz CT molecular complexity index is 117. The SMILES string of the molecule is CCCC(C)C(CC)N[C@H](C)CO. The summed E-state index contributed by atoms with van der Waals surface area (Å²) in [6, 6.07) is 0.784. The van der Waals surface area contributed by atoms with Gasteiger partial charge in [0.2, 0.25) is 0 Å². The highest BCUT2D eigenvalue weighted by Crippen LogP contribution is 2.13. The molecule has 0 saturated carbocycles. The first-order valence-electron chi connectivity index (χ1n) is 5.52. The van der Waals surface area contributed by atoms with E-state index < -0.39 is 0 Å². The zero-order valence-corrected chi connectivity index (χ0v) is 9.51. The minimum atomic E-state index is 0.226. The zero-order chi connectivity index (χ0) is 10.3. The molecule has 3 atom stereocenters. The van der Waals surface area contributed by atoms with Gasteiger partial charge in [0.1, 0.15) is 0 Å². The van der Waals surface area contributed by atoms with Crippen molar-refractivity contribution in [2.75, 3.05) is 6.61 Å². The molecule has 0 aromatic rings. The average Bonchev–Trinajstić information content (AvgIpc) is 2.14. The molecule has 0 aromatic carbocycles.